The van der Waals surface area contributed by atoms with Crippen LogP contribution in [0.3, 0.4) is 0 Å². The SMILES string of the molecule is O=C1CC(C(=O)NCCOc2ccc3c(c2)OCO3)c2ccccc2N1. The van der Waals surface area contributed by atoms with Crippen molar-refractivity contribution in [1.29, 1.82) is 0 Å². The molecule has 2 N–H and O–H groups in total. The fourth-order valence-corrected chi connectivity index (χ4v) is 3.08. The second-order valence-electron chi connectivity index (χ2n) is 6.05. The molecule has 2 heterocycles. The van der Waals surface area contributed by atoms with Crippen molar-refractivity contribution in [2.45, 2.75) is 12.3 Å². The number of fused-ring (bicyclic) bond motifs is 2. The molecule has 4 rings (SSSR count). The lowest BCUT2D eigenvalue weighted by Gasteiger charge is -2.24. The normalized spacial score (nSPS) is 17.2. The lowest BCUT2D eigenvalue weighted by atomic mass is 9.90. The molecule has 0 fully saturated rings. The Bertz CT molecular complexity index is 852. The van der Waals surface area contributed by atoms with E-state index in [-0.39, 0.29) is 25.0 Å². The summed E-state index contributed by atoms with van der Waals surface area (Å²) in [5.41, 5.74) is 1.53. The summed E-state index contributed by atoms with van der Waals surface area (Å²) in [6.07, 6.45) is 0.145. The third-order valence-corrected chi connectivity index (χ3v) is 4.33. The standard InChI is InChI=1S/C19H18N2O5/c22-18-10-14(13-3-1-2-4-15(13)21-18)19(23)20-7-8-24-12-5-6-16-17(9-12)26-11-25-16/h1-6,9,14H,7-8,10-11H2,(H,20,23)(H,21,22). The van der Waals surface area contributed by atoms with Gasteiger partial charge in [0.25, 0.3) is 0 Å². The smallest absolute Gasteiger partial charge is 0.231 e. The van der Waals surface area contributed by atoms with Crippen molar-refractivity contribution in [2.75, 3.05) is 25.3 Å². The van der Waals surface area contributed by atoms with E-state index in [9.17, 15) is 9.59 Å². The van der Waals surface area contributed by atoms with Gasteiger partial charge in [-0.05, 0) is 23.8 Å². The van der Waals surface area contributed by atoms with E-state index in [1.54, 1.807) is 24.3 Å². The summed E-state index contributed by atoms with van der Waals surface area (Å²) in [6.45, 7) is 0.866. The molecule has 1 unspecified atom stereocenters. The van der Waals surface area contributed by atoms with E-state index in [0.717, 1.165) is 5.56 Å². The summed E-state index contributed by atoms with van der Waals surface area (Å²) in [5.74, 6) is 1.18. The van der Waals surface area contributed by atoms with Crippen LogP contribution in [-0.2, 0) is 9.59 Å². The highest BCUT2D eigenvalue weighted by Crippen LogP contribution is 2.35. The van der Waals surface area contributed by atoms with Crippen LogP contribution in [0.25, 0.3) is 0 Å². The topological polar surface area (TPSA) is 85.9 Å². The van der Waals surface area contributed by atoms with Crippen molar-refractivity contribution < 1.29 is 23.8 Å². The van der Waals surface area contributed by atoms with Gasteiger partial charge in [0, 0.05) is 18.2 Å². The molecule has 134 valence electrons. The number of rotatable bonds is 5. The molecule has 0 saturated heterocycles. The largest absolute Gasteiger partial charge is 0.492 e. The first-order chi connectivity index (χ1) is 12.7. The monoisotopic (exact) mass is 354 g/mol. The molecule has 0 aliphatic carbocycles. The third-order valence-electron chi connectivity index (χ3n) is 4.33. The summed E-state index contributed by atoms with van der Waals surface area (Å²) >= 11 is 0. The maximum atomic E-state index is 12.5. The minimum absolute atomic E-state index is 0.145. The Morgan fingerprint density at radius 1 is 1.19 bits per heavy atom. The van der Waals surface area contributed by atoms with Crippen molar-refractivity contribution in [3.8, 4) is 17.2 Å². The highest BCUT2D eigenvalue weighted by Gasteiger charge is 2.30. The first-order valence-electron chi connectivity index (χ1n) is 8.39. The van der Waals surface area contributed by atoms with Crippen molar-refractivity contribution in [2.24, 2.45) is 0 Å². The highest BCUT2D eigenvalue weighted by molar-refractivity contribution is 6.01. The number of anilines is 1. The molecule has 0 saturated carbocycles. The van der Waals surface area contributed by atoms with Crippen LogP contribution in [-0.4, -0.2) is 31.8 Å². The van der Waals surface area contributed by atoms with Gasteiger partial charge < -0.3 is 24.8 Å². The van der Waals surface area contributed by atoms with Gasteiger partial charge in [-0.2, -0.15) is 0 Å². The van der Waals surface area contributed by atoms with Crippen LogP contribution < -0.4 is 24.8 Å². The maximum Gasteiger partial charge on any atom is 0.231 e. The number of amides is 2. The lowest BCUT2D eigenvalue weighted by molar-refractivity contribution is -0.126. The molecule has 0 aromatic heterocycles. The van der Waals surface area contributed by atoms with Gasteiger partial charge >= 0.3 is 0 Å². The molecule has 7 heteroatoms. The van der Waals surface area contributed by atoms with Gasteiger partial charge in [-0.15, -0.1) is 0 Å². The predicted molar refractivity (Wildman–Crippen MR) is 93.5 cm³/mol. The molecule has 26 heavy (non-hydrogen) atoms. The summed E-state index contributed by atoms with van der Waals surface area (Å²) < 4.78 is 16.2. The number of hydrogen-bond donors (Lipinski definition) is 2. The number of benzene rings is 2. The Morgan fingerprint density at radius 2 is 2.04 bits per heavy atom. The average molecular weight is 354 g/mol. The number of carbonyl (C=O) groups excluding carboxylic acids is 2. The fraction of sp³-hybridized carbons (Fsp3) is 0.263. The first-order valence-corrected chi connectivity index (χ1v) is 8.39. The van der Waals surface area contributed by atoms with E-state index >= 15 is 0 Å². The first kappa shape index (κ1) is 16.3. The number of ether oxygens (including phenoxy) is 3. The Morgan fingerprint density at radius 3 is 2.96 bits per heavy atom. The molecule has 2 aliphatic heterocycles. The van der Waals surface area contributed by atoms with Crippen molar-refractivity contribution in [3.05, 3.63) is 48.0 Å². The number of hydrogen-bond acceptors (Lipinski definition) is 5. The Kier molecular flexibility index (Phi) is 4.35. The molecule has 1 atom stereocenters. The summed E-state index contributed by atoms with van der Waals surface area (Å²) in [4.78, 5) is 24.3. The molecule has 2 amide bonds. The molecule has 7 nitrogen and oxygen atoms in total. The molecular formula is C19H18N2O5. The van der Waals surface area contributed by atoms with Crippen LogP contribution in [0.1, 0.15) is 17.9 Å². The van der Waals surface area contributed by atoms with Crippen LogP contribution in [0, 0.1) is 0 Å². The van der Waals surface area contributed by atoms with Gasteiger partial charge in [-0.3, -0.25) is 9.59 Å². The van der Waals surface area contributed by atoms with E-state index in [1.807, 2.05) is 18.2 Å². The van der Waals surface area contributed by atoms with Gasteiger partial charge in [-0.25, -0.2) is 0 Å². The second kappa shape index (κ2) is 6.95. The number of carbonyl (C=O) groups is 2. The lowest BCUT2D eigenvalue weighted by Crippen LogP contribution is -2.36. The highest BCUT2D eigenvalue weighted by atomic mass is 16.7. The third kappa shape index (κ3) is 3.28. The molecule has 0 bridgehead atoms. The van der Waals surface area contributed by atoms with Crippen molar-refractivity contribution >= 4 is 17.5 Å². The van der Waals surface area contributed by atoms with Crippen molar-refractivity contribution in [3.63, 3.8) is 0 Å². The zero-order valence-electron chi connectivity index (χ0n) is 14.0. The van der Waals surface area contributed by atoms with E-state index in [0.29, 0.717) is 36.1 Å². The molecule has 2 aliphatic rings. The van der Waals surface area contributed by atoms with Crippen molar-refractivity contribution in [1.82, 2.24) is 5.32 Å². The minimum atomic E-state index is -0.481. The van der Waals surface area contributed by atoms with Gasteiger partial charge in [-0.1, -0.05) is 18.2 Å². The Hall–Kier alpha value is -3.22. The summed E-state index contributed by atoms with van der Waals surface area (Å²) in [5, 5.41) is 5.62. The summed E-state index contributed by atoms with van der Waals surface area (Å²) in [7, 11) is 0. The molecular weight excluding hydrogens is 336 g/mol. The summed E-state index contributed by atoms with van der Waals surface area (Å²) in [6, 6.07) is 12.7. The van der Waals surface area contributed by atoms with Crippen LogP contribution in [0.15, 0.2) is 42.5 Å². The van der Waals surface area contributed by atoms with E-state index in [4.69, 9.17) is 14.2 Å². The molecule has 0 spiro atoms. The molecule has 2 aromatic rings. The molecule has 2 aromatic carbocycles. The van der Waals surface area contributed by atoms with Crippen LogP contribution in [0.5, 0.6) is 17.2 Å². The predicted octanol–water partition coefficient (Wildman–Crippen LogP) is 2.04. The average Bonchev–Trinajstić information content (AvgIpc) is 3.12. The van der Waals surface area contributed by atoms with Gasteiger partial charge in [0.1, 0.15) is 12.4 Å². The number of nitrogens with one attached hydrogen (secondary N) is 2. The second-order valence-corrected chi connectivity index (χ2v) is 6.05. The van der Waals surface area contributed by atoms with E-state index < -0.39 is 5.92 Å². The number of para-hydroxylation sites is 1. The zero-order valence-corrected chi connectivity index (χ0v) is 14.0. The van der Waals surface area contributed by atoms with Crippen LogP contribution in [0.4, 0.5) is 5.69 Å². The van der Waals surface area contributed by atoms with Crippen LogP contribution >= 0.6 is 0 Å². The van der Waals surface area contributed by atoms with Gasteiger partial charge in [0.15, 0.2) is 11.5 Å². The van der Waals surface area contributed by atoms with Gasteiger partial charge in [0.05, 0.1) is 12.5 Å². The quantitative estimate of drug-likeness (QED) is 0.803. The van der Waals surface area contributed by atoms with E-state index in [1.165, 1.54) is 0 Å². The van der Waals surface area contributed by atoms with E-state index in [2.05, 4.69) is 10.6 Å². The zero-order chi connectivity index (χ0) is 17.9. The Labute approximate surface area is 150 Å². The Balaban J connectivity index is 1.31. The minimum Gasteiger partial charge on any atom is -0.492 e. The molecule has 0 radical (unpaired) electrons. The fourth-order valence-electron chi connectivity index (χ4n) is 3.08. The van der Waals surface area contributed by atoms with Crippen LogP contribution in [0.2, 0.25) is 0 Å². The van der Waals surface area contributed by atoms with Gasteiger partial charge in [0.2, 0.25) is 18.6 Å². The maximum absolute atomic E-state index is 12.5.